The number of halogens is 2. The van der Waals surface area contributed by atoms with Gasteiger partial charge in [0, 0.05) is 0 Å². The molecule has 23 heavy (non-hydrogen) atoms. The fourth-order valence-electron chi connectivity index (χ4n) is 1.90. The van der Waals surface area contributed by atoms with Gasteiger partial charge in [0.1, 0.15) is 23.5 Å². The van der Waals surface area contributed by atoms with Crippen molar-refractivity contribution in [2.45, 2.75) is 52.7 Å². The Hall–Kier alpha value is -2.26. The van der Waals surface area contributed by atoms with Crippen LogP contribution in [0.2, 0.25) is 0 Å². The molecule has 0 aliphatic rings. The number of ether oxygens (including phenoxy) is 1. The van der Waals surface area contributed by atoms with E-state index in [4.69, 9.17) is 4.74 Å². The van der Waals surface area contributed by atoms with Crippen LogP contribution in [0.15, 0.2) is 0 Å². The molecule has 0 aliphatic heterocycles. The predicted octanol–water partition coefficient (Wildman–Crippen LogP) is 2.57. The van der Waals surface area contributed by atoms with Gasteiger partial charge in [-0.25, -0.2) is 13.6 Å². The standard InChI is InChI=1S/C13H20F2N4O4/c1-8-10(19(21)22)9(2)18(17-8)7-13(14,15)6-16-11(20)23-12(3,4)5/h6-7H2,1-5H3,(H,16,20). The number of rotatable bonds is 5. The molecule has 1 amide bonds. The van der Waals surface area contributed by atoms with Gasteiger partial charge in [-0.15, -0.1) is 0 Å². The van der Waals surface area contributed by atoms with Crippen LogP contribution in [0.1, 0.15) is 32.2 Å². The van der Waals surface area contributed by atoms with Crippen LogP contribution >= 0.6 is 0 Å². The summed E-state index contributed by atoms with van der Waals surface area (Å²) in [4.78, 5) is 21.6. The van der Waals surface area contributed by atoms with Crippen LogP contribution < -0.4 is 5.32 Å². The maximum absolute atomic E-state index is 13.9. The van der Waals surface area contributed by atoms with Crippen LogP contribution in [-0.2, 0) is 11.3 Å². The van der Waals surface area contributed by atoms with Crippen molar-refractivity contribution >= 4 is 11.8 Å². The van der Waals surface area contributed by atoms with Gasteiger partial charge < -0.3 is 10.1 Å². The van der Waals surface area contributed by atoms with E-state index in [-0.39, 0.29) is 17.1 Å². The lowest BCUT2D eigenvalue weighted by Gasteiger charge is -2.22. The summed E-state index contributed by atoms with van der Waals surface area (Å²) in [5.41, 5.74) is -0.996. The second-order valence-corrected chi connectivity index (χ2v) is 6.15. The highest BCUT2D eigenvalue weighted by Gasteiger charge is 2.34. The Balaban J connectivity index is 2.74. The van der Waals surface area contributed by atoms with Gasteiger partial charge in [0.2, 0.25) is 0 Å². The second kappa shape index (κ2) is 6.47. The molecule has 1 rings (SSSR count). The number of alkyl halides is 2. The van der Waals surface area contributed by atoms with E-state index < -0.39 is 35.6 Å². The lowest BCUT2D eigenvalue weighted by Crippen LogP contribution is -2.42. The number of hydrogen-bond acceptors (Lipinski definition) is 5. The summed E-state index contributed by atoms with van der Waals surface area (Å²) >= 11 is 0. The number of carbonyl (C=O) groups is 1. The van der Waals surface area contributed by atoms with Crippen LogP contribution in [0, 0.1) is 24.0 Å². The van der Waals surface area contributed by atoms with E-state index >= 15 is 0 Å². The van der Waals surface area contributed by atoms with Gasteiger partial charge >= 0.3 is 11.8 Å². The number of hydrogen-bond donors (Lipinski definition) is 1. The summed E-state index contributed by atoms with van der Waals surface area (Å²) in [6.07, 6.45) is -0.962. The molecular formula is C13H20F2N4O4. The Morgan fingerprint density at radius 1 is 1.39 bits per heavy atom. The average Bonchev–Trinajstić information content (AvgIpc) is 2.59. The predicted molar refractivity (Wildman–Crippen MR) is 77.5 cm³/mol. The van der Waals surface area contributed by atoms with E-state index in [1.807, 2.05) is 5.32 Å². The topological polar surface area (TPSA) is 99.3 Å². The first-order chi connectivity index (χ1) is 10.3. The van der Waals surface area contributed by atoms with E-state index in [0.717, 1.165) is 4.68 Å². The van der Waals surface area contributed by atoms with Gasteiger partial charge in [0.05, 0.1) is 11.5 Å². The molecule has 1 N–H and O–H groups in total. The third-order valence-electron chi connectivity index (χ3n) is 2.80. The number of nitro groups is 1. The van der Waals surface area contributed by atoms with Gasteiger partial charge in [-0.1, -0.05) is 0 Å². The third-order valence-corrected chi connectivity index (χ3v) is 2.80. The quantitative estimate of drug-likeness (QED) is 0.659. The first kappa shape index (κ1) is 18.8. The fraction of sp³-hybridized carbons (Fsp3) is 0.692. The minimum absolute atomic E-state index is 0.0319. The second-order valence-electron chi connectivity index (χ2n) is 6.15. The van der Waals surface area contributed by atoms with Crippen molar-refractivity contribution in [2.75, 3.05) is 6.54 Å². The third kappa shape index (κ3) is 5.46. The zero-order valence-corrected chi connectivity index (χ0v) is 13.6. The largest absolute Gasteiger partial charge is 0.444 e. The maximum Gasteiger partial charge on any atom is 0.407 e. The molecule has 0 saturated carbocycles. The van der Waals surface area contributed by atoms with Gasteiger partial charge in [-0.3, -0.25) is 14.8 Å². The molecule has 1 aromatic heterocycles. The maximum atomic E-state index is 13.9. The molecule has 0 saturated heterocycles. The normalized spacial score (nSPS) is 12.1. The number of aromatic nitrogens is 2. The minimum Gasteiger partial charge on any atom is -0.444 e. The van der Waals surface area contributed by atoms with Crippen molar-refractivity contribution < 1.29 is 23.2 Å². The number of nitrogens with one attached hydrogen (secondary N) is 1. The van der Waals surface area contributed by atoms with Crippen molar-refractivity contribution in [3.8, 4) is 0 Å². The fourth-order valence-corrected chi connectivity index (χ4v) is 1.90. The van der Waals surface area contributed by atoms with Crippen LogP contribution in [0.5, 0.6) is 0 Å². The molecule has 0 atom stereocenters. The van der Waals surface area contributed by atoms with Crippen molar-refractivity contribution in [1.29, 1.82) is 0 Å². The van der Waals surface area contributed by atoms with Gasteiger partial charge in [0.15, 0.2) is 0 Å². The Bertz CT molecular complexity index is 608. The Morgan fingerprint density at radius 2 is 1.96 bits per heavy atom. The van der Waals surface area contributed by atoms with Crippen molar-refractivity contribution in [3.05, 3.63) is 21.5 Å². The molecule has 0 unspecified atom stereocenters. The molecule has 0 fully saturated rings. The van der Waals surface area contributed by atoms with Gasteiger partial charge in [-0.05, 0) is 34.6 Å². The van der Waals surface area contributed by atoms with Crippen LogP contribution in [-0.4, -0.2) is 38.9 Å². The lowest BCUT2D eigenvalue weighted by atomic mass is 10.2. The Kier molecular flexibility index (Phi) is 5.28. The summed E-state index contributed by atoms with van der Waals surface area (Å²) in [5, 5.41) is 16.6. The summed E-state index contributed by atoms with van der Waals surface area (Å²) in [7, 11) is 0. The molecule has 1 heterocycles. The molecule has 0 spiro atoms. The Morgan fingerprint density at radius 3 is 2.39 bits per heavy atom. The summed E-state index contributed by atoms with van der Waals surface area (Å²) in [5.74, 6) is -3.34. The van der Waals surface area contributed by atoms with E-state index in [1.54, 1.807) is 20.8 Å². The van der Waals surface area contributed by atoms with Crippen molar-refractivity contribution in [3.63, 3.8) is 0 Å². The van der Waals surface area contributed by atoms with Crippen LogP contribution in [0.4, 0.5) is 19.3 Å². The first-order valence-electron chi connectivity index (χ1n) is 6.85. The molecule has 130 valence electrons. The van der Waals surface area contributed by atoms with Crippen molar-refractivity contribution in [2.24, 2.45) is 0 Å². The lowest BCUT2D eigenvalue weighted by molar-refractivity contribution is -0.386. The highest BCUT2D eigenvalue weighted by atomic mass is 19.3. The van der Waals surface area contributed by atoms with Gasteiger partial charge in [0.25, 0.3) is 5.92 Å². The van der Waals surface area contributed by atoms with Crippen LogP contribution in [0.25, 0.3) is 0 Å². The summed E-state index contributed by atoms with van der Waals surface area (Å²) in [6.45, 7) is 5.70. The molecular weight excluding hydrogens is 314 g/mol. The number of aryl methyl sites for hydroxylation is 1. The van der Waals surface area contributed by atoms with E-state index in [1.165, 1.54) is 13.8 Å². The molecule has 8 nitrogen and oxygen atoms in total. The zero-order valence-electron chi connectivity index (χ0n) is 13.6. The summed E-state index contributed by atoms with van der Waals surface area (Å²) in [6, 6.07) is 0. The number of carbonyl (C=O) groups excluding carboxylic acids is 1. The van der Waals surface area contributed by atoms with E-state index in [2.05, 4.69) is 5.10 Å². The molecule has 0 radical (unpaired) electrons. The SMILES string of the molecule is Cc1nn(CC(F)(F)CNC(=O)OC(C)(C)C)c(C)c1[N+](=O)[O-]. The first-order valence-corrected chi connectivity index (χ1v) is 6.85. The molecule has 1 aromatic rings. The minimum atomic E-state index is -3.34. The monoisotopic (exact) mass is 334 g/mol. The van der Waals surface area contributed by atoms with Crippen molar-refractivity contribution in [1.82, 2.24) is 15.1 Å². The smallest absolute Gasteiger partial charge is 0.407 e. The number of amides is 1. The van der Waals surface area contributed by atoms with Crippen LogP contribution in [0.3, 0.4) is 0 Å². The Labute approximate surface area is 131 Å². The number of alkyl carbamates (subject to hydrolysis) is 1. The molecule has 10 heteroatoms. The molecule has 0 aromatic carbocycles. The average molecular weight is 334 g/mol. The highest BCUT2D eigenvalue weighted by molar-refractivity contribution is 5.67. The molecule has 0 bridgehead atoms. The molecule has 0 aliphatic carbocycles. The number of nitrogens with zero attached hydrogens (tertiary/aromatic N) is 3. The zero-order chi connectivity index (χ0) is 18.0. The van der Waals surface area contributed by atoms with E-state index in [9.17, 15) is 23.7 Å². The van der Waals surface area contributed by atoms with E-state index in [0.29, 0.717) is 0 Å². The summed E-state index contributed by atoms with van der Waals surface area (Å²) < 4.78 is 33.6. The highest BCUT2D eigenvalue weighted by Crippen LogP contribution is 2.24. The van der Waals surface area contributed by atoms with Gasteiger partial charge in [-0.2, -0.15) is 5.10 Å².